The van der Waals surface area contributed by atoms with Crippen LogP contribution in [-0.4, -0.2) is 48.5 Å². The lowest BCUT2D eigenvalue weighted by atomic mass is 9.59. The Morgan fingerprint density at radius 3 is 2.54 bits per heavy atom. The van der Waals surface area contributed by atoms with Crippen molar-refractivity contribution in [2.75, 3.05) is 5.32 Å². The second kappa shape index (κ2) is 8.79. The number of nitrogens with two attached hydrogens (primary N) is 1. The molecule has 3 atom stereocenters. The quantitative estimate of drug-likeness (QED) is 0.212. The molecule has 0 bridgehead atoms. The van der Waals surface area contributed by atoms with Crippen LogP contribution in [0.1, 0.15) is 24.0 Å². The maximum absolute atomic E-state index is 13.6. The van der Waals surface area contributed by atoms with Crippen LogP contribution in [0.5, 0.6) is 5.75 Å². The van der Waals surface area contributed by atoms with Crippen molar-refractivity contribution < 1.29 is 34.8 Å². The maximum atomic E-state index is 13.6. The summed E-state index contributed by atoms with van der Waals surface area (Å²) in [5, 5.41) is 49.8. The van der Waals surface area contributed by atoms with Gasteiger partial charge in [0.1, 0.15) is 22.8 Å². The van der Waals surface area contributed by atoms with E-state index >= 15 is 0 Å². The maximum Gasteiger partial charge on any atom is 0.255 e. The predicted octanol–water partition coefficient (Wildman–Crippen LogP) is 3.29. The number of phenolic OH excluding ortho intramolecular Hbond substituents is 1. The van der Waals surface area contributed by atoms with Gasteiger partial charge in [0.2, 0.25) is 5.78 Å². The first-order valence-electron chi connectivity index (χ1n) is 12.2. The predicted molar refractivity (Wildman–Crippen MR) is 142 cm³/mol. The van der Waals surface area contributed by atoms with E-state index in [2.05, 4.69) is 10.3 Å². The van der Waals surface area contributed by atoms with Gasteiger partial charge in [0.05, 0.1) is 16.9 Å². The number of aliphatic hydroxyl groups is 3. The fourth-order valence-electron chi connectivity index (χ4n) is 5.88. The number of benzene rings is 2. The molecule has 6 rings (SSSR count). The first-order chi connectivity index (χ1) is 18.6. The second-order valence-electron chi connectivity index (χ2n) is 9.93. The lowest BCUT2D eigenvalue weighted by Crippen LogP contribution is -2.58. The normalized spacial score (nSPS) is 24.2. The fraction of sp³-hybridized carbons (Fsp3) is 0.214. The summed E-state index contributed by atoms with van der Waals surface area (Å²) >= 11 is 1.33. The molecule has 11 heteroatoms. The average molecular weight is 546 g/mol. The number of anilines is 2. The summed E-state index contributed by atoms with van der Waals surface area (Å²) in [5.41, 5.74) is 4.16. The Morgan fingerprint density at radius 1 is 1.08 bits per heavy atom. The van der Waals surface area contributed by atoms with E-state index in [0.717, 1.165) is 11.3 Å². The summed E-state index contributed by atoms with van der Waals surface area (Å²) in [6, 6.07) is 12.9. The number of primary amides is 1. The molecule has 39 heavy (non-hydrogen) atoms. The van der Waals surface area contributed by atoms with Crippen LogP contribution in [0.15, 0.2) is 64.8 Å². The average Bonchev–Trinajstić information content (AvgIpc) is 3.37. The molecule has 7 N–H and O–H groups in total. The van der Waals surface area contributed by atoms with Crippen molar-refractivity contribution in [3.63, 3.8) is 0 Å². The third-order valence-electron chi connectivity index (χ3n) is 7.75. The van der Waals surface area contributed by atoms with Gasteiger partial charge >= 0.3 is 0 Å². The third kappa shape index (κ3) is 3.65. The van der Waals surface area contributed by atoms with E-state index in [4.69, 9.17) is 5.73 Å². The molecule has 0 aliphatic heterocycles. The highest BCUT2D eigenvalue weighted by molar-refractivity contribution is 7.14. The molecule has 3 aliphatic carbocycles. The highest BCUT2D eigenvalue weighted by atomic mass is 32.1. The molecule has 1 aromatic heterocycles. The molecule has 1 heterocycles. The van der Waals surface area contributed by atoms with E-state index in [-0.39, 0.29) is 41.8 Å². The summed E-state index contributed by atoms with van der Waals surface area (Å²) < 4.78 is 0. The topological polar surface area (TPSA) is 183 Å². The molecule has 1 saturated carbocycles. The van der Waals surface area contributed by atoms with Crippen LogP contribution in [0.3, 0.4) is 0 Å². The molecule has 0 unspecified atom stereocenters. The van der Waals surface area contributed by atoms with Gasteiger partial charge in [-0.3, -0.25) is 14.4 Å². The number of aliphatic hydroxyl groups excluding tert-OH is 2. The van der Waals surface area contributed by atoms with E-state index in [1.54, 1.807) is 12.1 Å². The molecule has 1 fully saturated rings. The summed E-state index contributed by atoms with van der Waals surface area (Å²) in [4.78, 5) is 42.4. The van der Waals surface area contributed by atoms with Gasteiger partial charge in [-0.15, -0.1) is 11.3 Å². The number of thiazole rings is 1. The highest BCUT2D eigenvalue weighted by Gasteiger charge is 2.60. The van der Waals surface area contributed by atoms with Gasteiger partial charge in [0, 0.05) is 28.9 Å². The standard InChI is InChI=1S/C28H23N3O7S/c29-26(37)21-18(32)10-15-9-14-8-13-6-7-16(30-27-31-17(11-39-27)12-4-2-1-3-5-12)22(33)19(13)23(34)20(14)24(35)28(15,38)25(21)36/h1-7,11,14-15,33-34,36,38H,8-10H2,(H2,29,37)(H,30,31)/t14-,15-,28-/m0/s1. The number of aromatic nitrogens is 1. The summed E-state index contributed by atoms with van der Waals surface area (Å²) in [7, 11) is 0. The van der Waals surface area contributed by atoms with E-state index in [1.807, 2.05) is 35.7 Å². The molecule has 2 aromatic carbocycles. The molecular formula is C28H23N3O7S. The number of nitrogens with zero attached hydrogens (tertiary/aromatic N) is 1. The van der Waals surface area contributed by atoms with Gasteiger partial charge < -0.3 is 31.5 Å². The van der Waals surface area contributed by atoms with Crippen LogP contribution >= 0.6 is 11.3 Å². The molecule has 0 radical (unpaired) electrons. The summed E-state index contributed by atoms with van der Waals surface area (Å²) in [6.07, 6.45) is -0.0163. The van der Waals surface area contributed by atoms with Crippen molar-refractivity contribution in [2.45, 2.75) is 24.9 Å². The molecule has 10 nitrogen and oxygen atoms in total. The fourth-order valence-corrected chi connectivity index (χ4v) is 6.62. The van der Waals surface area contributed by atoms with Gasteiger partial charge in [0.15, 0.2) is 16.5 Å². The van der Waals surface area contributed by atoms with Crippen molar-refractivity contribution in [3.8, 4) is 17.0 Å². The van der Waals surface area contributed by atoms with Crippen LogP contribution in [0.2, 0.25) is 0 Å². The van der Waals surface area contributed by atoms with Crippen molar-refractivity contribution in [2.24, 2.45) is 17.6 Å². The van der Waals surface area contributed by atoms with Gasteiger partial charge in [0.25, 0.3) is 5.91 Å². The zero-order valence-electron chi connectivity index (χ0n) is 20.3. The molecule has 198 valence electrons. The van der Waals surface area contributed by atoms with Gasteiger partial charge in [-0.2, -0.15) is 0 Å². The van der Waals surface area contributed by atoms with Gasteiger partial charge in [-0.1, -0.05) is 36.4 Å². The number of ketones is 2. The molecule has 1 amide bonds. The number of hydrogen-bond acceptors (Lipinski definition) is 10. The molecular weight excluding hydrogens is 522 g/mol. The zero-order chi connectivity index (χ0) is 27.6. The van der Waals surface area contributed by atoms with Crippen molar-refractivity contribution in [1.29, 1.82) is 0 Å². The zero-order valence-corrected chi connectivity index (χ0v) is 21.2. The molecule has 3 aromatic rings. The summed E-state index contributed by atoms with van der Waals surface area (Å²) in [5.74, 6) is -6.54. The van der Waals surface area contributed by atoms with E-state index in [1.165, 1.54) is 11.3 Å². The number of aromatic hydroxyl groups is 1. The summed E-state index contributed by atoms with van der Waals surface area (Å²) in [6.45, 7) is 0. The van der Waals surface area contributed by atoms with E-state index in [9.17, 15) is 34.8 Å². The number of Topliss-reactive ketones (excluding diaryl/α,β-unsaturated/α-hetero) is 2. The molecule has 0 spiro atoms. The SMILES string of the molecule is NC(=O)C1=C(O)[C@@]2(O)C(=O)C3=C(O)c4c(ccc(Nc5nc(-c6ccccc6)cs5)c4O)C[C@H]3C[C@H]2CC1=O. The first-order valence-corrected chi connectivity index (χ1v) is 13.1. The number of carbonyl (C=O) groups excluding carboxylic acids is 3. The van der Waals surface area contributed by atoms with Crippen molar-refractivity contribution in [1.82, 2.24) is 4.98 Å². The number of fused-ring (bicyclic) bond motifs is 3. The monoisotopic (exact) mass is 545 g/mol. The third-order valence-corrected chi connectivity index (χ3v) is 8.51. The van der Waals surface area contributed by atoms with Crippen LogP contribution in [0, 0.1) is 11.8 Å². The first kappa shape index (κ1) is 24.8. The number of phenols is 1. The Labute approximate surface area is 225 Å². The Morgan fingerprint density at radius 2 is 1.82 bits per heavy atom. The van der Waals surface area contributed by atoms with E-state index in [0.29, 0.717) is 10.7 Å². The van der Waals surface area contributed by atoms with Crippen LogP contribution in [-0.2, 0) is 20.8 Å². The Bertz CT molecular complexity index is 1640. The van der Waals surface area contributed by atoms with Crippen LogP contribution in [0.4, 0.5) is 10.8 Å². The number of rotatable bonds is 4. The largest absolute Gasteiger partial charge is 0.508 e. The number of nitrogens with one attached hydrogen (secondary N) is 1. The number of amides is 1. The Balaban J connectivity index is 1.38. The minimum Gasteiger partial charge on any atom is -0.508 e. The second-order valence-corrected chi connectivity index (χ2v) is 10.8. The Hall–Kier alpha value is -4.48. The lowest BCUT2D eigenvalue weighted by Gasteiger charge is -2.46. The highest BCUT2D eigenvalue weighted by Crippen LogP contribution is 2.52. The van der Waals surface area contributed by atoms with Crippen molar-refractivity contribution in [3.05, 3.63) is 75.9 Å². The van der Waals surface area contributed by atoms with E-state index < -0.39 is 52.0 Å². The molecule has 0 saturated heterocycles. The van der Waals surface area contributed by atoms with Gasteiger partial charge in [-0.05, 0) is 30.4 Å². The van der Waals surface area contributed by atoms with Crippen LogP contribution < -0.4 is 11.1 Å². The minimum atomic E-state index is -2.59. The Kier molecular flexibility index (Phi) is 5.59. The van der Waals surface area contributed by atoms with Gasteiger partial charge in [-0.25, -0.2) is 4.98 Å². The smallest absolute Gasteiger partial charge is 0.255 e. The minimum absolute atomic E-state index is 0.0203. The molecule has 3 aliphatic rings. The lowest BCUT2D eigenvalue weighted by molar-refractivity contribution is -0.147. The number of hydrogen-bond donors (Lipinski definition) is 6. The van der Waals surface area contributed by atoms with Crippen LogP contribution in [0.25, 0.3) is 17.0 Å². The van der Waals surface area contributed by atoms with Crippen molar-refractivity contribution >= 4 is 45.4 Å². The number of carbonyl (C=O) groups is 3.